The van der Waals surface area contributed by atoms with Gasteiger partial charge < -0.3 is 15.5 Å². The zero-order valence-electron chi connectivity index (χ0n) is 14.5. The van der Waals surface area contributed by atoms with Crippen LogP contribution in [0.3, 0.4) is 0 Å². The van der Waals surface area contributed by atoms with Gasteiger partial charge in [-0.1, -0.05) is 33.1 Å². The lowest BCUT2D eigenvalue weighted by Gasteiger charge is -2.31. The van der Waals surface area contributed by atoms with Crippen LogP contribution in [0.15, 0.2) is 4.99 Å². The van der Waals surface area contributed by atoms with Crippen LogP contribution in [0.2, 0.25) is 0 Å². The van der Waals surface area contributed by atoms with E-state index in [2.05, 4.69) is 34.4 Å². The van der Waals surface area contributed by atoms with E-state index in [4.69, 9.17) is 0 Å². The molecule has 0 saturated carbocycles. The normalized spacial score (nSPS) is 18.0. The van der Waals surface area contributed by atoms with Crippen LogP contribution in [0.5, 0.6) is 0 Å². The number of rotatable bonds is 9. The fraction of sp³-hybridized carbons (Fsp3) is 0.941. The maximum Gasteiger partial charge on any atom is 0.190 e. The number of unbranched alkanes of at least 4 members (excludes halogenated alkanes) is 3. The van der Waals surface area contributed by atoms with Crippen molar-refractivity contribution >= 4 is 5.96 Å². The van der Waals surface area contributed by atoms with Crippen LogP contribution >= 0.6 is 0 Å². The van der Waals surface area contributed by atoms with Gasteiger partial charge in [0.2, 0.25) is 0 Å². The molecule has 2 N–H and O–H groups in total. The zero-order valence-corrected chi connectivity index (χ0v) is 14.5. The number of nitrogens with zero attached hydrogens (tertiary/aromatic N) is 2. The molecular weight excluding hydrogens is 260 g/mol. The van der Waals surface area contributed by atoms with Crippen LogP contribution in [0.4, 0.5) is 0 Å². The van der Waals surface area contributed by atoms with E-state index in [-0.39, 0.29) is 0 Å². The molecule has 0 radical (unpaired) electrons. The molecule has 4 heteroatoms. The first-order valence-electron chi connectivity index (χ1n) is 8.97. The first-order valence-corrected chi connectivity index (χ1v) is 8.97. The van der Waals surface area contributed by atoms with Crippen molar-refractivity contribution in [3.05, 3.63) is 0 Å². The Labute approximate surface area is 131 Å². The van der Waals surface area contributed by atoms with Gasteiger partial charge in [0.1, 0.15) is 0 Å². The minimum atomic E-state index is 0.892. The summed E-state index contributed by atoms with van der Waals surface area (Å²) in [6, 6.07) is 0. The molecule has 0 aromatic heterocycles. The Kier molecular flexibility index (Phi) is 10.3. The molecule has 0 aromatic rings. The monoisotopic (exact) mass is 296 g/mol. The maximum absolute atomic E-state index is 4.30. The third kappa shape index (κ3) is 8.30. The first-order chi connectivity index (χ1) is 10.3. The van der Waals surface area contributed by atoms with Gasteiger partial charge in [-0.15, -0.1) is 0 Å². The summed E-state index contributed by atoms with van der Waals surface area (Å²) in [4.78, 5) is 6.86. The molecule has 4 nitrogen and oxygen atoms in total. The van der Waals surface area contributed by atoms with Gasteiger partial charge in [0.05, 0.1) is 0 Å². The molecule has 1 aliphatic heterocycles. The highest BCUT2D eigenvalue weighted by atomic mass is 15.2. The van der Waals surface area contributed by atoms with Gasteiger partial charge in [-0.3, -0.25) is 4.99 Å². The van der Waals surface area contributed by atoms with Crippen LogP contribution in [0, 0.1) is 5.92 Å². The van der Waals surface area contributed by atoms with Gasteiger partial charge in [0.25, 0.3) is 0 Å². The number of likely N-dealkylation sites (tertiary alicyclic amines) is 1. The quantitative estimate of drug-likeness (QED) is 0.390. The summed E-state index contributed by atoms with van der Waals surface area (Å²) in [6.45, 7) is 10.4. The van der Waals surface area contributed by atoms with Crippen LogP contribution in [0.1, 0.15) is 58.8 Å². The minimum absolute atomic E-state index is 0.892. The van der Waals surface area contributed by atoms with Gasteiger partial charge in [0, 0.05) is 20.1 Å². The molecule has 1 rings (SSSR count). The molecule has 0 spiro atoms. The van der Waals surface area contributed by atoms with Crippen molar-refractivity contribution in [2.45, 2.75) is 58.8 Å². The smallest absolute Gasteiger partial charge is 0.190 e. The Morgan fingerprint density at radius 3 is 2.38 bits per heavy atom. The Morgan fingerprint density at radius 1 is 1.05 bits per heavy atom. The van der Waals surface area contributed by atoms with E-state index in [0.29, 0.717) is 0 Å². The van der Waals surface area contributed by atoms with Gasteiger partial charge in [0.15, 0.2) is 5.96 Å². The minimum Gasteiger partial charge on any atom is -0.356 e. The van der Waals surface area contributed by atoms with E-state index in [0.717, 1.165) is 25.0 Å². The average molecular weight is 297 g/mol. The van der Waals surface area contributed by atoms with Crippen molar-refractivity contribution in [3.8, 4) is 0 Å². The van der Waals surface area contributed by atoms with E-state index in [1.807, 2.05) is 7.05 Å². The summed E-state index contributed by atoms with van der Waals surface area (Å²) in [5, 5.41) is 6.87. The standard InChI is InChI=1S/C17H36N4/c1-4-6-7-8-12-19-17(18-3)20-13-9-16-10-14-21(5-2)15-11-16/h16H,4-15H2,1-3H3,(H2,18,19,20). The highest BCUT2D eigenvalue weighted by molar-refractivity contribution is 5.79. The van der Waals surface area contributed by atoms with E-state index in [9.17, 15) is 0 Å². The second-order valence-corrected chi connectivity index (χ2v) is 6.15. The molecule has 0 amide bonds. The molecule has 0 unspecified atom stereocenters. The molecule has 0 aliphatic carbocycles. The molecule has 124 valence electrons. The number of guanidine groups is 1. The number of piperidine rings is 1. The van der Waals surface area contributed by atoms with Crippen molar-refractivity contribution in [2.24, 2.45) is 10.9 Å². The van der Waals surface area contributed by atoms with E-state index in [1.165, 1.54) is 64.6 Å². The second kappa shape index (κ2) is 11.8. The lowest BCUT2D eigenvalue weighted by Crippen LogP contribution is -2.39. The summed E-state index contributed by atoms with van der Waals surface area (Å²) in [5.41, 5.74) is 0. The van der Waals surface area contributed by atoms with Crippen molar-refractivity contribution in [2.75, 3.05) is 39.8 Å². The highest BCUT2D eigenvalue weighted by Crippen LogP contribution is 2.19. The molecule has 0 aromatic carbocycles. The van der Waals surface area contributed by atoms with Gasteiger partial charge in [-0.05, 0) is 51.2 Å². The molecule has 21 heavy (non-hydrogen) atoms. The number of nitrogens with one attached hydrogen (secondary N) is 2. The SMILES string of the molecule is CCCCCCNC(=NC)NCCC1CCN(CC)CC1. The van der Waals surface area contributed by atoms with Gasteiger partial charge >= 0.3 is 0 Å². The highest BCUT2D eigenvalue weighted by Gasteiger charge is 2.17. The van der Waals surface area contributed by atoms with Crippen molar-refractivity contribution in [1.82, 2.24) is 15.5 Å². The lowest BCUT2D eigenvalue weighted by molar-refractivity contribution is 0.187. The average Bonchev–Trinajstić information content (AvgIpc) is 2.53. The summed E-state index contributed by atoms with van der Waals surface area (Å²) in [5.74, 6) is 1.86. The Hall–Kier alpha value is -0.770. The van der Waals surface area contributed by atoms with Crippen molar-refractivity contribution < 1.29 is 0 Å². The van der Waals surface area contributed by atoms with Crippen LogP contribution < -0.4 is 10.6 Å². The summed E-state index contributed by atoms with van der Waals surface area (Å²) < 4.78 is 0. The molecule has 0 atom stereocenters. The molecule has 1 aliphatic rings. The summed E-state index contributed by atoms with van der Waals surface area (Å²) in [7, 11) is 1.86. The van der Waals surface area contributed by atoms with E-state index < -0.39 is 0 Å². The van der Waals surface area contributed by atoms with Gasteiger partial charge in [-0.25, -0.2) is 0 Å². The third-order valence-electron chi connectivity index (χ3n) is 4.55. The van der Waals surface area contributed by atoms with Crippen molar-refractivity contribution in [3.63, 3.8) is 0 Å². The topological polar surface area (TPSA) is 39.7 Å². The molecular formula is C17H36N4. The largest absolute Gasteiger partial charge is 0.356 e. The predicted molar refractivity (Wildman–Crippen MR) is 93.0 cm³/mol. The Bertz CT molecular complexity index is 270. The number of aliphatic imine (C=N–C) groups is 1. The van der Waals surface area contributed by atoms with Gasteiger partial charge in [-0.2, -0.15) is 0 Å². The zero-order chi connectivity index (χ0) is 15.3. The second-order valence-electron chi connectivity index (χ2n) is 6.15. The number of hydrogen-bond acceptors (Lipinski definition) is 2. The van der Waals surface area contributed by atoms with Crippen molar-refractivity contribution in [1.29, 1.82) is 0 Å². The molecule has 1 heterocycles. The van der Waals surface area contributed by atoms with Crippen LogP contribution in [-0.4, -0.2) is 50.6 Å². The molecule has 1 saturated heterocycles. The fourth-order valence-corrected chi connectivity index (χ4v) is 2.97. The maximum atomic E-state index is 4.30. The summed E-state index contributed by atoms with van der Waals surface area (Å²) >= 11 is 0. The molecule has 0 bridgehead atoms. The first kappa shape index (κ1) is 18.3. The Balaban J connectivity index is 2.04. The lowest BCUT2D eigenvalue weighted by atomic mass is 9.93. The van der Waals surface area contributed by atoms with E-state index >= 15 is 0 Å². The Morgan fingerprint density at radius 2 is 1.76 bits per heavy atom. The third-order valence-corrected chi connectivity index (χ3v) is 4.55. The molecule has 1 fully saturated rings. The van der Waals surface area contributed by atoms with Crippen LogP contribution in [-0.2, 0) is 0 Å². The summed E-state index contributed by atoms with van der Waals surface area (Å²) in [6.07, 6.45) is 9.18. The predicted octanol–water partition coefficient (Wildman–Crippen LogP) is 2.85. The fourth-order valence-electron chi connectivity index (χ4n) is 2.97. The van der Waals surface area contributed by atoms with Crippen LogP contribution in [0.25, 0.3) is 0 Å². The number of hydrogen-bond donors (Lipinski definition) is 2. The van der Waals surface area contributed by atoms with E-state index in [1.54, 1.807) is 0 Å².